The molecule has 4 nitrogen and oxygen atoms in total. The molecule has 0 saturated heterocycles. The average molecular weight is 250 g/mol. The molecule has 0 aliphatic carbocycles. The lowest BCUT2D eigenvalue weighted by atomic mass is 9.84. The molecule has 18 heavy (non-hydrogen) atoms. The summed E-state index contributed by atoms with van der Waals surface area (Å²) in [7, 11) is 1.40. The fourth-order valence-electron chi connectivity index (χ4n) is 1.64. The first-order chi connectivity index (χ1) is 8.34. The van der Waals surface area contributed by atoms with E-state index in [1.807, 2.05) is 24.3 Å². The van der Waals surface area contributed by atoms with Gasteiger partial charge in [-0.25, -0.2) is 0 Å². The molecule has 1 aromatic carbocycles. The van der Waals surface area contributed by atoms with Crippen molar-refractivity contribution >= 4 is 17.3 Å². The Morgan fingerprint density at radius 1 is 1.39 bits per heavy atom. The summed E-state index contributed by atoms with van der Waals surface area (Å²) in [4.78, 5) is 11.5. The molecule has 3 N–H and O–H groups in total. The summed E-state index contributed by atoms with van der Waals surface area (Å²) in [6.07, 6.45) is 0.314. The molecular weight excluding hydrogens is 228 g/mol. The Hall–Kier alpha value is -1.71. The lowest BCUT2D eigenvalue weighted by Gasteiger charge is -2.32. The fourth-order valence-corrected chi connectivity index (χ4v) is 1.64. The van der Waals surface area contributed by atoms with Gasteiger partial charge in [0.1, 0.15) is 0 Å². The van der Waals surface area contributed by atoms with Crippen LogP contribution in [0.1, 0.15) is 27.2 Å². The highest BCUT2D eigenvalue weighted by molar-refractivity contribution is 5.72. The van der Waals surface area contributed by atoms with Crippen LogP contribution in [0.15, 0.2) is 24.3 Å². The Morgan fingerprint density at radius 2 is 2.00 bits per heavy atom. The topological polar surface area (TPSA) is 64.3 Å². The summed E-state index contributed by atoms with van der Waals surface area (Å²) in [5.41, 5.74) is 7.35. The van der Waals surface area contributed by atoms with Gasteiger partial charge in [0.2, 0.25) is 0 Å². The second kappa shape index (κ2) is 5.76. The van der Waals surface area contributed by atoms with Gasteiger partial charge in [-0.3, -0.25) is 4.79 Å². The van der Waals surface area contributed by atoms with E-state index in [0.29, 0.717) is 12.1 Å². The van der Waals surface area contributed by atoms with Gasteiger partial charge in [0.05, 0.1) is 24.9 Å². The number of carbonyl (C=O) groups excluding carboxylic acids is 1. The first-order valence-electron chi connectivity index (χ1n) is 6.02. The number of carbonyl (C=O) groups is 1. The number of nitrogens with one attached hydrogen (secondary N) is 1. The highest BCUT2D eigenvalue weighted by atomic mass is 16.5. The largest absolute Gasteiger partial charge is 0.469 e. The van der Waals surface area contributed by atoms with Gasteiger partial charge >= 0.3 is 5.97 Å². The van der Waals surface area contributed by atoms with Gasteiger partial charge in [-0.15, -0.1) is 0 Å². The number of para-hydroxylation sites is 2. The first kappa shape index (κ1) is 14.4. The minimum Gasteiger partial charge on any atom is -0.469 e. The minimum absolute atomic E-state index is 0.0327. The Labute approximate surface area is 109 Å². The van der Waals surface area contributed by atoms with Crippen molar-refractivity contribution in [2.45, 2.75) is 33.2 Å². The molecule has 0 aromatic heterocycles. The lowest BCUT2D eigenvalue weighted by molar-refractivity contribution is -0.141. The van der Waals surface area contributed by atoms with Gasteiger partial charge in [-0.1, -0.05) is 32.9 Å². The van der Waals surface area contributed by atoms with Crippen molar-refractivity contribution in [3.8, 4) is 0 Å². The Balaban J connectivity index is 2.86. The normalized spacial score (nSPS) is 12.9. The number of nitrogens with two attached hydrogens (primary N) is 1. The van der Waals surface area contributed by atoms with E-state index in [-0.39, 0.29) is 17.4 Å². The molecule has 0 aliphatic rings. The predicted molar refractivity (Wildman–Crippen MR) is 74.4 cm³/mol. The predicted octanol–water partition coefficient (Wildman–Crippen LogP) is 2.66. The second-order valence-corrected chi connectivity index (χ2v) is 5.43. The maximum atomic E-state index is 11.5. The van der Waals surface area contributed by atoms with Crippen LogP contribution in [0.5, 0.6) is 0 Å². The summed E-state index contributed by atoms with van der Waals surface area (Å²) in [6, 6.07) is 7.50. The fraction of sp³-hybridized carbons (Fsp3) is 0.500. The third-order valence-electron chi connectivity index (χ3n) is 2.93. The summed E-state index contributed by atoms with van der Waals surface area (Å²) < 4.78 is 4.73. The van der Waals surface area contributed by atoms with E-state index in [2.05, 4.69) is 26.1 Å². The molecule has 0 heterocycles. The molecule has 0 aliphatic heterocycles. The number of nitrogen functional groups attached to an aromatic ring is 1. The van der Waals surface area contributed by atoms with Crippen LogP contribution in [0.25, 0.3) is 0 Å². The van der Waals surface area contributed by atoms with Crippen molar-refractivity contribution in [3.05, 3.63) is 24.3 Å². The number of ether oxygens (including phenoxy) is 1. The number of hydrogen-bond donors (Lipinski definition) is 2. The molecule has 1 atom stereocenters. The van der Waals surface area contributed by atoms with Crippen LogP contribution in [0.2, 0.25) is 0 Å². The minimum atomic E-state index is -0.225. The zero-order valence-corrected chi connectivity index (χ0v) is 11.5. The molecule has 100 valence electrons. The Kier molecular flexibility index (Phi) is 4.59. The standard InChI is InChI=1S/C14H22N2O2/c1-14(2,3)12(9-13(17)18-4)16-11-8-6-5-7-10(11)15/h5-8,12,16H,9,15H2,1-4H3/t12-/m0/s1. The summed E-state index contributed by atoms with van der Waals surface area (Å²) in [5, 5.41) is 3.33. The number of anilines is 2. The summed E-state index contributed by atoms with van der Waals surface area (Å²) in [5.74, 6) is -0.225. The number of esters is 1. The second-order valence-electron chi connectivity index (χ2n) is 5.43. The van der Waals surface area contributed by atoms with Crippen LogP contribution in [0.4, 0.5) is 11.4 Å². The van der Waals surface area contributed by atoms with E-state index in [9.17, 15) is 4.79 Å². The third kappa shape index (κ3) is 3.95. The molecule has 0 bridgehead atoms. The smallest absolute Gasteiger partial charge is 0.307 e. The molecular formula is C14H22N2O2. The molecule has 0 saturated carbocycles. The number of hydrogen-bond acceptors (Lipinski definition) is 4. The van der Waals surface area contributed by atoms with Crippen molar-refractivity contribution < 1.29 is 9.53 Å². The van der Waals surface area contributed by atoms with Crippen LogP contribution in [0, 0.1) is 5.41 Å². The highest BCUT2D eigenvalue weighted by Crippen LogP contribution is 2.28. The summed E-state index contributed by atoms with van der Waals surface area (Å²) in [6.45, 7) is 6.23. The molecule has 0 unspecified atom stereocenters. The van der Waals surface area contributed by atoms with Crippen molar-refractivity contribution in [3.63, 3.8) is 0 Å². The Morgan fingerprint density at radius 3 is 2.50 bits per heavy atom. The molecule has 0 fully saturated rings. The van der Waals surface area contributed by atoms with Gasteiger partial charge in [-0.2, -0.15) is 0 Å². The third-order valence-corrected chi connectivity index (χ3v) is 2.93. The molecule has 1 rings (SSSR count). The van der Waals surface area contributed by atoms with Crippen LogP contribution < -0.4 is 11.1 Å². The summed E-state index contributed by atoms with van der Waals surface area (Å²) >= 11 is 0. The van der Waals surface area contributed by atoms with E-state index in [4.69, 9.17) is 10.5 Å². The van der Waals surface area contributed by atoms with Gasteiger partial charge in [0.25, 0.3) is 0 Å². The van der Waals surface area contributed by atoms with Crippen molar-refractivity contribution in [1.82, 2.24) is 0 Å². The maximum absolute atomic E-state index is 11.5. The average Bonchev–Trinajstić information content (AvgIpc) is 2.29. The number of methoxy groups -OCH3 is 1. The molecule has 4 heteroatoms. The highest BCUT2D eigenvalue weighted by Gasteiger charge is 2.27. The van der Waals surface area contributed by atoms with Crippen LogP contribution in [-0.4, -0.2) is 19.1 Å². The van der Waals surface area contributed by atoms with Crippen molar-refractivity contribution in [2.24, 2.45) is 5.41 Å². The first-order valence-corrected chi connectivity index (χ1v) is 6.02. The molecule has 0 radical (unpaired) electrons. The molecule has 1 aromatic rings. The quantitative estimate of drug-likeness (QED) is 0.637. The number of benzene rings is 1. The van der Waals surface area contributed by atoms with E-state index in [1.165, 1.54) is 7.11 Å². The van der Waals surface area contributed by atoms with Crippen LogP contribution >= 0.6 is 0 Å². The van der Waals surface area contributed by atoms with Crippen LogP contribution in [-0.2, 0) is 9.53 Å². The van der Waals surface area contributed by atoms with E-state index in [1.54, 1.807) is 0 Å². The Bertz CT molecular complexity index is 411. The van der Waals surface area contributed by atoms with Gasteiger partial charge in [0.15, 0.2) is 0 Å². The monoisotopic (exact) mass is 250 g/mol. The molecule has 0 amide bonds. The zero-order chi connectivity index (χ0) is 13.8. The van der Waals surface area contributed by atoms with Crippen molar-refractivity contribution in [2.75, 3.05) is 18.2 Å². The van der Waals surface area contributed by atoms with Crippen molar-refractivity contribution in [1.29, 1.82) is 0 Å². The lowest BCUT2D eigenvalue weighted by Crippen LogP contribution is -2.36. The van der Waals surface area contributed by atoms with Gasteiger partial charge in [0, 0.05) is 6.04 Å². The van der Waals surface area contributed by atoms with Gasteiger partial charge in [-0.05, 0) is 17.5 Å². The van der Waals surface area contributed by atoms with Gasteiger partial charge < -0.3 is 15.8 Å². The number of rotatable bonds is 4. The SMILES string of the molecule is COC(=O)C[C@H](Nc1ccccc1N)C(C)(C)C. The maximum Gasteiger partial charge on any atom is 0.307 e. The van der Waals surface area contributed by atoms with E-state index >= 15 is 0 Å². The zero-order valence-electron chi connectivity index (χ0n) is 11.5. The molecule has 0 spiro atoms. The van der Waals surface area contributed by atoms with E-state index < -0.39 is 0 Å². The van der Waals surface area contributed by atoms with Crippen LogP contribution in [0.3, 0.4) is 0 Å². The van der Waals surface area contributed by atoms with E-state index in [0.717, 1.165) is 5.69 Å².